The molecule has 3 aromatic rings. The van der Waals surface area contributed by atoms with Crippen LogP contribution in [0.4, 0.5) is 10.1 Å². The number of halogens is 2. The van der Waals surface area contributed by atoms with E-state index in [-0.39, 0.29) is 11.1 Å². The highest BCUT2D eigenvalue weighted by Crippen LogP contribution is 2.42. The van der Waals surface area contributed by atoms with Crippen LogP contribution in [0.3, 0.4) is 0 Å². The number of benzene rings is 2. The zero-order chi connectivity index (χ0) is 21.4. The molecule has 1 amide bonds. The number of amides is 1. The van der Waals surface area contributed by atoms with Gasteiger partial charge in [0.2, 0.25) is 0 Å². The van der Waals surface area contributed by atoms with E-state index >= 15 is 0 Å². The summed E-state index contributed by atoms with van der Waals surface area (Å²) in [5.41, 5.74) is 1.72. The molecule has 4 rings (SSSR count). The number of anilines is 1. The van der Waals surface area contributed by atoms with Gasteiger partial charge in [0.25, 0.3) is 11.7 Å². The molecule has 1 aliphatic heterocycles. The van der Waals surface area contributed by atoms with Gasteiger partial charge in [0, 0.05) is 22.5 Å². The van der Waals surface area contributed by atoms with Crippen molar-refractivity contribution < 1.29 is 19.1 Å². The topological polar surface area (TPSA) is 70.5 Å². The largest absolute Gasteiger partial charge is 0.507 e. The molecule has 1 saturated heterocycles. The molecule has 7 heteroatoms. The van der Waals surface area contributed by atoms with Gasteiger partial charge in [0.1, 0.15) is 17.6 Å². The van der Waals surface area contributed by atoms with Gasteiger partial charge < -0.3 is 5.11 Å². The van der Waals surface area contributed by atoms with Crippen LogP contribution in [0.15, 0.2) is 72.4 Å². The number of aryl methyl sites for hydroxylation is 1. The maximum Gasteiger partial charge on any atom is 0.300 e. The molecule has 1 fully saturated rings. The molecule has 2 heterocycles. The van der Waals surface area contributed by atoms with E-state index in [0.29, 0.717) is 16.4 Å². The third-order valence-corrected chi connectivity index (χ3v) is 5.37. The van der Waals surface area contributed by atoms with E-state index < -0.39 is 29.3 Å². The molecule has 1 atom stereocenters. The molecule has 1 unspecified atom stereocenters. The summed E-state index contributed by atoms with van der Waals surface area (Å²) >= 11 is 6.24. The van der Waals surface area contributed by atoms with Crippen LogP contribution >= 0.6 is 11.6 Å². The fourth-order valence-electron chi connectivity index (χ4n) is 3.41. The fourth-order valence-corrected chi connectivity index (χ4v) is 3.59. The summed E-state index contributed by atoms with van der Waals surface area (Å²) in [5, 5.41) is 11.3. The Balaban J connectivity index is 1.94. The first-order valence-corrected chi connectivity index (χ1v) is 9.50. The Labute approximate surface area is 177 Å². The minimum absolute atomic E-state index is 0.123. The van der Waals surface area contributed by atoms with Crippen molar-refractivity contribution in [2.24, 2.45) is 0 Å². The van der Waals surface area contributed by atoms with Crippen LogP contribution in [0, 0.1) is 12.7 Å². The van der Waals surface area contributed by atoms with Crippen molar-refractivity contribution >= 4 is 34.7 Å². The first-order valence-electron chi connectivity index (χ1n) is 9.12. The van der Waals surface area contributed by atoms with Crippen molar-refractivity contribution in [3.8, 4) is 0 Å². The second kappa shape index (κ2) is 7.72. The molecule has 0 radical (unpaired) electrons. The number of ketones is 1. The van der Waals surface area contributed by atoms with Crippen molar-refractivity contribution in [2.75, 3.05) is 4.90 Å². The summed E-state index contributed by atoms with van der Waals surface area (Å²) in [7, 11) is 0. The zero-order valence-corrected chi connectivity index (χ0v) is 16.6. The maximum atomic E-state index is 13.3. The Kier molecular flexibility index (Phi) is 5.10. The van der Waals surface area contributed by atoms with Crippen LogP contribution in [-0.4, -0.2) is 21.8 Å². The molecule has 0 aliphatic carbocycles. The van der Waals surface area contributed by atoms with Gasteiger partial charge in [-0.3, -0.25) is 19.5 Å². The number of Topliss-reactive ketones (excluding diaryl/α,β-unsaturated/α-hetero) is 1. The summed E-state index contributed by atoms with van der Waals surface area (Å²) in [6.45, 7) is 1.82. The maximum absolute atomic E-state index is 13.3. The molecular formula is C23H16ClFN2O3. The van der Waals surface area contributed by atoms with Crippen LogP contribution in [0.5, 0.6) is 0 Å². The van der Waals surface area contributed by atoms with Crippen molar-refractivity contribution in [2.45, 2.75) is 13.0 Å². The lowest BCUT2D eigenvalue weighted by Crippen LogP contribution is -2.29. The molecule has 5 nitrogen and oxygen atoms in total. The van der Waals surface area contributed by atoms with Crippen LogP contribution in [0.2, 0.25) is 5.02 Å². The number of hydrogen-bond acceptors (Lipinski definition) is 4. The molecule has 1 N–H and O–H groups in total. The molecule has 2 aromatic carbocycles. The number of aromatic nitrogens is 1. The Morgan fingerprint density at radius 1 is 1.10 bits per heavy atom. The SMILES string of the molecule is Cc1ccc(N2C(=O)C(=O)/C(=C(/O)c3ccc(F)cc3)C2c2ccccn2)cc1Cl. The van der Waals surface area contributed by atoms with Gasteiger partial charge in [-0.05, 0) is 61.0 Å². The Morgan fingerprint density at radius 2 is 1.83 bits per heavy atom. The summed E-state index contributed by atoms with van der Waals surface area (Å²) in [4.78, 5) is 31.5. The van der Waals surface area contributed by atoms with Crippen molar-refractivity contribution in [3.05, 3.63) is 100 Å². The summed E-state index contributed by atoms with van der Waals surface area (Å²) in [5.74, 6) is -2.55. The van der Waals surface area contributed by atoms with E-state index in [1.807, 2.05) is 6.92 Å². The molecule has 30 heavy (non-hydrogen) atoms. The monoisotopic (exact) mass is 422 g/mol. The number of nitrogens with zero attached hydrogens (tertiary/aromatic N) is 2. The molecule has 1 aromatic heterocycles. The van der Waals surface area contributed by atoms with E-state index in [9.17, 15) is 19.1 Å². The third-order valence-electron chi connectivity index (χ3n) is 4.96. The Bertz CT molecular complexity index is 1180. The quantitative estimate of drug-likeness (QED) is 0.373. The minimum Gasteiger partial charge on any atom is -0.507 e. The van der Waals surface area contributed by atoms with Gasteiger partial charge in [0.15, 0.2) is 0 Å². The molecule has 150 valence electrons. The Hall–Kier alpha value is -3.51. The number of aliphatic hydroxyl groups excluding tert-OH is 1. The second-order valence-electron chi connectivity index (χ2n) is 6.86. The molecular weight excluding hydrogens is 407 g/mol. The average Bonchev–Trinajstić information content (AvgIpc) is 3.01. The van der Waals surface area contributed by atoms with Crippen LogP contribution in [0.1, 0.15) is 22.9 Å². The van der Waals surface area contributed by atoms with Gasteiger partial charge in [0.05, 0.1) is 11.3 Å². The van der Waals surface area contributed by atoms with Gasteiger partial charge in [-0.15, -0.1) is 0 Å². The first-order chi connectivity index (χ1) is 14.4. The number of aliphatic hydroxyl groups is 1. The highest BCUT2D eigenvalue weighted by atomic mass is 35.5. The first kappa shape index (κ1) is 19.8. The van der Waals surface area contributed by atoms with E-state index in [4.69, 9.17) is 11.6 Å². The number of hydrogen-bond donors (Lipinski definition) is 1. The van der Waals surface area contributed by atoms with Gasteiger partial charge in [-0.25, -0.2) is 4.39 Å². The van der Waals surface area contributed by atoms with E-state index in [1.54, 1.807) is 36.4 Å². The molecule has 0 saturated carbocycles. The Morgan fingerprint density at radius 3 is 2.47 bits per heavy atom. The summed E-state index contributed by atoms with van der Waals surface area (Å²) in [6.07, 6.45) is 1.54. The number of carbonyl (C=O) groups is 2. The molecule has 0 spiro atoms. The van der Waals surface area contributed by atoms with Crippen molar-refractivity contribution in [1.29, 1.82) is 0 Å². The lowest BCUT2D eigenvalue weighted by molar-refractivity contribution is -0.132. The number of pyridine rings is 1. The summed E-state index contributed by atoms with van der Waals surface area (Å²) in [6, 6.07) is 14.2. The molecule has 1 aliphatic rings. The van der Waals surface area contributed by atoms with E-state index in [1.165, 1.54) is 35.4 Å². The van der Waals surface area contributed by atoms with Crippen LogP contribution in [-0.2, 0) is 9.59 Å². The summed E-state index contributed by atoms with van der Waals surface area (Å²) < 4.78 is 13.3. The smallest absolute Gasteiger partial charge is 0.300 e. The predicted octanol–water partition coefficient (Wildman–Crippen LogP) is 4.81. The normalized spacial score (nSPS) is 18.1. The van der Waals surface area contributed by atoms with Crippen molar-refractivity contribution in [3.63, 3.8) is 0 Å². The minimum atomic E-state index is -0.963. The standard InChI is InChI=1S/C23H16ClFN2O3/c1-13-5-10-16(12-17(13)24)27-20(18-4-2-3-11-26-18)19(22(29)23(27)30)21(28)14-6-8-15(25)9-7-14/h2-12,20,28H,1H3/b21-19+. The molecule has 0 bridgehead atoms. The third kappa shape index (κ3) is 3.35. The van der Waals surface area contributed by atoms with Crippen LogP contribution < -0.4 is 4.90 Å². The highest BCUT2D eigenvalue weighted by molar-refractivity contribution is 6.51. The van der Waals surface area contributed by atoms with E-state index in [2.05, 4.69) is 4.98 Å². The number of rotatable bonds is 3. The number of carbonyl (C=O) groups excluding carboxylic acids is 2. The van der Waals surface area contributed by atoms with Crippen molar-refractivity contribution in [1.82, 2.24) is 4.98 Å². The second-order valence-corrected chi connectivity index (χ2v) is 7.27. The lowest BCUT2D eigenvalue weighted by Gasteiger charge is -2.25. The average molecular weight is 423 g/mol. The van der Waals surface area contributed by atoms with Crippen LogP contribution in [0.25, 0.3) is 5.76 Å². The predicted molar refractivity (Wildman–Crippen MR) is 112 cm³/mol. The van der Waals surface area contributed by atoms with Gasteiger partial charge in [-0.2, -0.15) is 0 Å². The van der Waals surface area contributed by atoms with Gasteiger partial charge >= 0.3 is 0 Å². The zero-order valence-electron chi connectivity index (χ0n) is 15.8. The highest BCUT2D eigenvalue weighted by Gasteiger charge is 2.47. The van der Waals surface area contributed by atoms with E-state index in [0.717, 1.165) is 5.56 Å². The van der Waals surface area contributed by atoms with Gasteiger partial charge in [-0.1, -0.05) is 23.7 Å². The lowest BCUT2D eigenvalue weighted by atomic mass is 9.98. The fraction of sp³-hybridized carbons (Fsp3) is 0.0870.